The lowest BCUT2D eigenvalue weighted by atomic mass is 9.98. The molecule has 3 rings (SSSR count). The van der Waals surface area contributed by atoms with Gasteiger partial charge in [-0.05, 0) is 36.1 Å². The molecule has 1 saturated heterocycles. The van der Waals surface area contributed by atoms with E-state index in [9.17, 15) is 0 Å². The van der Waals surface area contributed by atoms with E-state index in [-0.39, 0.29) is 30.9 Å². The van der Waals surface area contributed by atoms with Crippen LogP contribution in [0.5, 0.6) is 11.5 Å². The lowest BCUT2D eigenvalue weighted by molar-refractivity contribution is 0.194. The molecule has 7 heteroatoms. The molecular formula is C18H26Cl2N2O2S. The number of thiophene rings is 1. The summed E-state index contributed by atoms with van der Waals surface area (Å²) < 4.78 is 11.4. The second-order valence-corrected chi connectivity index (χ2v) is 6.77. The van der Waals surface area contributed by atoms with Gasteiger partial charge in [-0.25, -0.2) is 0 Å². The molecule has 2 heterocycles. The van der Waals surface area contributed by atoms with E-state index in [1.807, 2.05) is 0 Å². The van der Waals surface area contributed by atoms with Crippen molar-refractivity contribution in [3.05, 3.63) is 45.6 Å². The molecule has 4 nitrogen and oxygen atoms in total. The zero-order valence-electron chi connectivity index (χ0n) is 14.8. The van der Waals surface area contributed by atoms with Crippen LogP contribution in [0.3, 0.4) is 0 Å². The van der Waals surface area contributed by atoms with Crippen LogP contribution < -0.4 is 14.8 Å². The van der Waals surface area contributed by atoms with Gasteiger partial charge >= 0.3 is 0 Å². The van der Waals surface area contributed by atoms with Crippen LogP contribution in [0.4, 0.5) is 0 Å². The average Bonchev–Trinajstić information content (AvgIpc) is 3.11. The summed E-state index contributed by atoms with van der Waals surface area (Å²) >= 11 is 1.79. The van der Waals surface area contributed by atoms with Gasteiger partial charge in [-0.2, -0.15) is 0 Å². The van der Waals surface area contributed by atoms with Gasteiger partial charge in [-0.3, -0.25) is 4.90 Å². The first-order chi connectivity index (χ1) is 11.2. The van der Waals surface area contributed by atoms with Gasteiger partial charge in [0, 0.05) is 31.1 Å². The summed E-state index contributed by atoms with van der Waals surface area (Å²) in [7, 11) is 3.47. The van der Waals surface area contributed by atoms with Gasteiger partial charge in [0.25, 0.3) is 0 Å². The summed E-state index contributed by atoms with van der Waals surface area (Å²) in [4.78, 5) is 3.84. The molecule has 1 aliphatic rings. The van der Waals surface area contributed by atoms with Crippen molar-refractivity contribution >= 4 is 36.2 Å². The molecule has 25 heavy (non-hydrogen) atoms. The number of halogens is 2. The van der Waals surface area contributed by atoms with Crippen molar-refractivity contribution < 1.29 is 9.47 Å². The van der Waals surface area contributed by atoms with Gasteiger partial charge in [-0.15, -0.1) is 36.2 Å². The van der Waals surface area contributed by atoms with Gasteiger partial charge in [0.1, 0.15) is 11.5 Å². The van der Waals surface area contributed by atoms with E-state index in [0.29, 0.717) is 0 Å². The molecule has 0 aliphatic carbocycles. The number of benzene rings is 1. The fraction of sp³-hybridized carbons (Fsp3) is 0.444. The molecule has 1 fully saturated rings. The van der Waals surface area contributed by atoms with Gasteiger partial charge in [0.05, 0.1) is 25.8 Å². The molecular weight excluding hydrogens is 379 g/mol. The average molecular weight is 405 g/mol. The quantitative estimate of drug-likeness (QED) is 0.818. The Morgan fingerprint density at radius 2 is 1.68 bits per heavy atom. The molecule has 1 aromatic heterocycles. The van der Waals surface area contributed by atoms with Crippen LogP contribution in [-0.2, 0) is 0 Å². The third-order valence-electron chi connectivity index (χ3n) is 4.29. The van der Waals surface area contributed by atoms with Crippen LogP contribution in [-0.4, -0.2) is 45.3 Å². The predicted molar refractivity (Wildman–Crippen MR) is 109 cm³/mol. The van der Waals surface area contributed by atoms with E-state index in [1.54, 1.807) is 25.6 Å². The molecule has 1 atom stereocenters. The molecule has 2 aromatic rings. The van der Waals surface area contributed by atoms with E-state index >= 15 is 0 Å². The van der Waals surface area contributed by atoms with E-state index in [0.717, 1.165) is 48.8 Å². The maximum atomic E-state index is 5.72. The van der Waals surface area contributed by atoms with Crippen LogP contribution >= 0.6 is 36.2 Å². The van der Waals surface area contributed by atoms with Crippen molar-refractivity contribution in [3.8, 4) is 11.5 Å². The number of hydrogen-bond acceptors (Lipinski definition) is 5. The Morgan fingerprint density at radius 1 is 1.08 bits per heavy atom. The van der Waals surface area contributed by atoms with Gasteiger partial charge < -0.3 is 14.8 Å². The maximum absolute atomic E-state index is 5.72. The number of hydrogen-bond donors (Lipinski definition) is 1. The minimum absolute atomic E-state index is 0. The monoisotopic (exact) mass is 404 g/mol. The molecule has 0 radical (unpaired) electrons. The SMILES string of the molecule is COc1cc(C)cc(OC)c1[C@H](c1cccs1)N1CCNCC1.Cl.Cl. The van der Waals surface area contributed by atoms with Gasteiger partial charge in [0.15, 0.2) is 0 Å². The highest BCUT2D eigenvalue weighted by Crippen LogP contribution is 2.43. The van der Waals surface area contributed by atoms with Crippen LogP contribution in [0.25, 0.3) is 0 Å². The molecule has 1 aliphatic heterocycles. The third kappa shape index (κ3) is 4.80. The summed E-state index contributed by atoms with van der Waals surface area (Å²) in [5.41, 5.74) is 2.28. The molecule has 140 valence electrons. The van der Waals surface area contributed by atoms with Crippen molar-refractivity contribution in [2.24, 2.45) is 0 Å². The largest absolute Gasteiger partial charge is 0.496 e. The summed E-state index contributed by atoms with van der Waals surface area (Å²) in [6.07, 6.45) is 0. The first-order valence-corrected chi connectivity index (χ1v) is 8.83. The first kappa shape index (κ1) is 22.1. The second kappa shape index (κ2) is 10.2. The highest BCUT2D eigenvalue weighted by molar-refractivity contribution is 7.10. The molecule has 0 saturated carbocycles. The van der Waals surface area contributed by atoms with E-state index in [1.165, 1.54) is 4.88 Å². The van der Waals surface area contributed by atoms with E-state index < -0.39 is 0 Å². The normalized spacial score (nSPS) is 15.6. The minimum Gasteiger partial charge on any atom is -0.496 e. The van der Waals surface area contributed by atoms with Crippen molar-refractivity contribution in [1.29, 1.82) is 0 Å². The predicted octanol–water partition coefficient (Wildman–Crippen LogP) is 3.91. The minimum atomic E-state index is 0. The molecule has 1 N–H and O–H groups in total. The molecule has 0 amide bonds. The zero-order chi connectivity index (χ0) is 16.2. The van der Waals surface area contributed by atoms with Crippen LogP contribution in [0.15, 0.2) is 29.6 Å². The van der Waals surface area contributed by atoms with Crippen molar-refractivity contribution in [2.75, 3.05) is 40.4 Å². The Balaban J connectivity index is 0.00000156. The fourth-order valence-corrected chi connectivity index (χ4v) is 4.10. The third-order valence-corrected chi connectivity index (χ3v) is 5.22. The molecule has 1 aromatic carbocycles. The molecule has 0 unspecified atom stereocenters. The topological polar surface area (TPSA) is 33.7 Å². The van der Waals surface area contributed by atoms with Crippen molar-refractivity contribution in [3.63, 3.8) is 0 Å². The smallest absolute Gasteiger partial charge is 0.128 e. The molecule has 0 spiro atoms. The highest BCUT2D eigenvalue weighted by Gasteiger charge is 2.30. The Hall–Kier alpha value is -0.980. The van der Waals surface area contributed by atoms with Crippen LogP contribution in [0.1, 0.15) is 22.0 Å². The zero-order valence-corrected chi connectivity index (χ0v) is 17.2. The number of nitrogens with zero attached hydrogens (tertiary/aromatic N) is 1. The number of aryl methyl sites for hydroxylation is 1. The lowest BCUT2D eigenvalue weighted by Gasteiger charge is -2.36. The van der Waals surface area contributed by atoms with Crippen molar-refractivity contribution in [2.45, 2.75) is 13.0 Å². The van der Waals surface area contributed by atoms with Gasteiger partial charge in [0.2, 0.25) is 0 Å². The lowest BCUT2D eigenvalue weighted by Crippen LogP contribution is -2.45. The van der Waals surface area contributed by atoms with Crippen molar-refractivity contribution in [1.82, 2.24) is 10.2 Å². The Bertz CT molecular complexity index is 622. The van der Waals surface area contributed by atoms with Crippen LogP contribution in [0, 0.1) is 6.92 Å². The number of rotatable bonds is 5. The van der Waals surface area contributed by atoms with E-state index in [2.05, 4.69) is 46.8 Å². The summed E-state index contributed by atoms with van der Waals surface area (Å²) in [5.74, 6) is 1.80. The number of piperazine rings is 1. The summed E-state index contributed by atoms with van der Waals surface area (Å²) in [6.45, 7) is 6.13. The Labute approximate surface area is 166 Å². The standard InChI is InChI=1S/C18H24N2O2S.2ClH/c1-13-11-14(21-2)17(15(12-13)22-3)18(16-5-4-10-23-16)20-8-6-19-7-9-20;;/h4-5,10-12,18-19H,6-9H2,1-3H3;2*1H/t18-;;/m0../s1. The van der Waals surface area contributed by atoms with E-state index in [4.69, 9.17) is 9.47 Å². The maximum Gasteiger partial charge on any atom is 0.128 e. The number of methoxy groups -OCH3 is 2. The Kier molecular flexibility index (Phi) is 9.03. The fourth-order valence-electron chi connectivity index (χ4n) is 3.23. The van der Waals surface area contributed by atoms with Gasteiger partial charge in [-0.1, -0.05) is 6.07 Å². The number of ether oxygens (including phenoxy) is 2. The number of nitrogens with one attached hydrogen (secondary N) is 1. The molecule has 0 bridgehead atoms. The first-order valence-electron chi connectivity index (χ1n) is 7.95. The Morgan fingerprint density at radius 3 is 2.16 bits per heavy atom. The second-order valence-electron chi connectivity index (χ2n) is 5.79. The highest BCUT2D eigenvalue weighted by atomic mass is 35.5. The van der Waals surface area contributed by atoms with Crippen LogP contribution in [0.2, 0.25) is 0 Å². The summed E-state index contributed by atoms with van der Waals surface area (Å²) in [6, 6.07) is 8.68. The summed E-state index contributed by atoms with van der Waals surface area (Å²) in [5, 5.41) is 5.57.